The smallest absolute Gasteiger partial charge is 0.315 e. The minimum absolute atomic E-state index is 0.182. The van der Waals surface area contributed by atoms with Crippen LogP contribution in [-0.4, -0.2) is 27.0 Å². The average molecular weight is 338 g/mol. The van der Waals surface area contributed by atoms with Crippen LogP contribution < -0.4 is 10.6 Å². The molecule has 1 heterocycles. The molecule has 0 aliphatic heterocycles. The quantitative estimate of drug-likeness (QED) is 0.782. The number of halogens is 2. The first-order valence-electron chi connectivity index (χ1n) is 7.46. The van der Waals surface area contributed by atoms with Gasteiger partial charge in [0.15, 0.2) is 11.6 Å². The second-order valence-corrected chi connectivity index (χ2v) is 5.69. The Kier molecular flexibility index (Phi) is 5.50. The zero-order valence-electron chi connectivity index (χ0n) is 13.6. The van der Waals surface area contributed by atoms with E-state index in [2.05, 4.69) is 15.7 Å². The van der Waals surface area contributed by atoms with E-state index in [0.717, 1.165) is 17.7 Å². The predicted molar refractivity (Wildman–Crippen MR) is 84.1 cm³/mol. The minimum atomic E-state index is -1.17. The molecule has 0 aliphatic rings. The third-order valence-electron chi connectivity index (χ3n) is 3.69. The highest BCUT2D eigenvalue weighted by molar-refractivity contribution is 5.74. The molecule has 1 aromatic heterocycles. The van der Waals surface area contributed by atoms with Gasteiger partial charge in [0.25, 0.3) is 0 Å². The van der Waals surface area contributed by atoms with Crippen LogP contribution in [0.15, 0.2) is 30.6 Å². The molecule has 0 fully saturated rings. The number of aryl methyl sites for hydroxylation is 1. The van der Waals surface area contributed by atoms with Gasteiger partial charge in [0.2, 0.25) is 0 Å². The van der Waals surface area contributed by atoms with Gasteiger partial charge in [0.05, 0.1) is 24.4 Å². The molecule has 0 bridgehead atoms. The van der Waals surface area contributed by atoms with Gasteiger partial charge in [-0.1, -0.05) is 6.07 Å². The lowest BCUT2D eigenvalue weighted by Gasteiger charge is -2.22. The topological polar surface area (TPSA) is 79.2 Å². The highest BCUT2D eigenvalue weighted by Crippen LogP contribution is 2.19. The van der Waals surface area contributed by atoms with E-state index >= 15 is 0 Å². The maximum atomic E-state index is 13.2. The second-order valence-electron chi connectivity index (χ2n) is 5.69. The van der Waals surface area contributed by atoms with Crippen LogP contribution >= 0.6 is 0 Å². The van der Waals surface area contributed by atoms with Gasteiger partial charge in [-0.3, -0.25) is 4.68 Å². The van der Waals surface area contributed by atoms with Crippen LogP contribution in [-0.2, 0) is 7.05 Å². The molecule has 0 spiro atoms. The van der Waals surface area contributed by atoms with Gasteiger partial charge in [-0.15, -0.1) is 0 Å². The molecule has 2 aromatic rings. The minimum Gasteiger partial charge on any atom is -0.386 e. The van der Waals surface area contributed by atoms with Crippen LogP contribution in [0.5, 0.6) is 0 Å². The number of hydrogen-bond acceptors (Lipinski definition) is 3. The molecule has 0 radical (unpaired) electrons. The van der Waals surface area contributed by atoms with Crippen molar-refractivity contribution in [2.75, 3.05) is 0 Å². The van der Waals surface area contributed by atoms with Crippen molar-refractivity contribution in [1.29, 1.82) is 0 Å². The number of carbonyl (C=O) groups excluding carboxylic acids is 1. The maximum Gasteiger partial charge on any atom is 0.315 e. The second kappa shape index (κ2) is 7.39. The monoisotopic (exact) mass is 338 g/mol. The summed E-state index contributed by atoms with van der Waals surface area (Å²) >= 11 is 0. The first-order chi connectivity index (χ1) is 11.3. The molecular formula is C16H20F2N4O2. The number of carbonyl (C=O) groups is 1. The molecule has 3 unspecified atom stereocenters. The summed E-state index contributed by atoms with van der Waals surface area (Å²) in [5, 5.41) is 19.5. The van der Waals surface area contributed by atoms with Crippen LogP contribution in [0.4, 0.5) is 13.6 Å². The Hall–Kier alpha value is -2.48. The third-order valence-corrected chi connectivity index (χ3v) is 3.69. The van der Waals surface area contributed by atoms with E-state index in [-0.39, 0.29) is 11.6 Å². The highest BCUT2D eigenvalue weighted by atomic mass is 19.2. The van der Waals surface area contributed by atoms with Gasteiger partial charge in [0.1, 0.15) is 0 Å². The van der Waals surface area contributed by atoms with Crippen LogP contribution in [0, 0.1) is 11.6 Å². The molecule has 24 heavy (non-hydrogen) atoms. The van der Waals surface area contributed by atoms with Gasteiger partial charge in [-0.2, -0.15) is 5.10 Å². The van der Waals surface area contributed by atoms with Crippen molar-refractivity contribution < 1.29 is 18.7 Å². The Balaban J connectivity index is 1.93. The molecule has 0 saturated carbocycles. The number of urea groups is 1. The number of nitrogens with one attached hydrogen (secondary N) is 2. The summed E-state index contributed by atoms with van der Waals surface area (Å²) in [4.78, 5) is 12.0. The van der Waals surface area contributed by atoms with E-state index in [4.69, 9.17) is 0 Å². The summed E-state index contributed by atoms with van der Waals surface area (Å²) in [5.41, 5.74) is 1.02. The van der Waals surface area contributed by atoms with Crippen molar-refractivity contribution in [2.45, 2.75) is 32.0 Å². The van der Waals surface area contributed by atoms with E-state index < -0.39 is 29.8 Å². The molecular weight excluding hydrogens is 318 g/mol. The summed E-state index contributed by atoms with van der Waals surface area (Å²) in [5.74, 6) is -2.04. The Labute approximate surface area is 138 Å². The molecule has 6 nitrogen and oxygen atoms in total. The first-order valence-corrected chi connectivity index (χ1v) is 7.46. The standard InChI is InChI=1S/C16H20F2N4O2/c1-9(12-7-19-22(3)8-12)20-16(24)21-10(2)15(23)11-4-5-13(17)14(18)6-11/h4-10,15,23H,1-3H3,(H2,20,21,24). The van der Waals surface area contributed by atoms with Crippen LogP contribution in [0.1, 0.15) is 37.1 Å². The highest BCUT2D eigenvalue weighted by Gasteiger charge is 2.21. The molecule has 2 rings (SSSR count). The summed E-state index contributed by atoms with van der Waals surface area (Å²) < 4.78 is 27.8. The van der Waals surface area contributed by atoms with E-state index in [0.29, 0.717) is 0 Å². The number of rotatable bonds is 5. The fourth-order valence-corrected chi connectivity index (χ4v) is 2.26. The lowest BCUT2D eigenvalue weighted by atomic mass is 10.0. The Bertz CT molecular complexity index is 720. The van der Waals surface area contributed by atoms with Crippen LogP contribution in [0.25, 0.3) is 0 Å². The Morgan fingerprint density at radius 2 is 1.92 bits per heavy atom. The zero-order chi connectivity index (χ0) is 17.9. The lowest BCUT2D eigenvalue weighted by Crippen LogP contribution is -2.44. The number of aliphatic hydroxyl groups excluding tert-OH is 1. The van der Waals surface area contributed by atoms with E-state index in [1.54, 1.807) is 38.0 Å². The van der Waals surface area contributed by atoms with Crippen molar-refractivity contribution in [1.82, 2.24) is 20.4 Å². The van der Waals surface area contributed by atoms with E-state index in [1.807, 2.05) is 0 Å². The SMILES string of the molecule is CC(NC(=O)NC(C)C(O)c1ccc(F)c(F)c1)c1cnn(C)c1. The number of benzene rings is 1. The number of hydrogen-bond donors (Lipinski definition) is 3. The maximum absolute atomic E-state index is 13.2. The zero-order valence-corrected chi connectivity index (χ0v) is 13.6. The molecule has 3 N–H and O–H groups in total. The largest absolute Gasteiger partial charge is 0.386 e. The van der Waals surface area contributed by atoms with Crippen LogP contribution in [0.3, 0.4) is 0 Å². The van der Waals surface area contributed by atoms with Crippen LogP contribution in [0.2, 0.25) is 0 Å². The summed E-state index contributed by atoms with van der Waals surface area (Å²) in [7, 11) is 1.77. The van der Waals surface area contributed by atoms with E-state index in [9.17, 15) is 18.7 Å². The molecule has 1 aromatic carbocycles. The van der Waals surface area contributed by atoms with Crippen molar-refractivity contribution in [3.05, 3.63) is 53.4 Å². The molecule has 3 atom stereocenters. The number of aliphatic hydroxyl groups is 1. The van der Waals surface area contributed by atoms with Gasteiger partial charge in [-0.05, 0) is 31.5 Å². The number of nitrogens with zero attached hydrogens (tertiary/aromatic N) is 2. The van der Waals surface area contributed by atoms with Crippen molar-refractivity contribution in [3.8, 4) is 0 Å². The summed E-state index contributed by atoms with van der Waals surface area (Å²) in [6.07, 6.45) is 2.26. The molecule has 8 heteroatoms. The van der Waals surface area contributed by atoms with Crippen molar-refractivity contribution in [3.63, 3.8) is 0 Å². The normalized spacial score (nSPS) is 14.8. The van der Waals surface area contributed by atoms with Crippen molar-refractivity contribution in [2.24, 2.45) is 7.05 Å². The number of aromatic nitrogens is 2. The Morgan fingerprint density at radius 1 is 1.21 bits per heavy atom. The fourth-order valence-electron chi connectivity index (χ4n) is 2.26. The molecule has 0 aliphatic carbocycles. The fraction of sp³-hybridized carbons (Fsp3) is 0.375. The predicted octanol–water partition coefficient (Wildman–Crippen LogP) is 2.18. The van der Waals surface area contributed by atoms with Gasteiger partial charge in [-0.25, -0.2) is 13.6 Å². The molecule has 0 saturated heterocycles. The average Bonchev–Trinajstić information content (AvgIpc) is 2.95. The van der Waals surface area contributed by atoms with Gasteiger partial charge in [0, 0.05) is 18.8 Å². The Morgan fingerprint density at radius 3 is 2.50 bits per heavy atom. The van der Waals surface area contributed by atoms with Gasteiger partial charge < -0.3 is 15.7 Å². The van der Waals surface area contributed by atoms with Crippen molar-refractivity contribution >= 4 is 6.03 Å². The number of amides is 2. The molecule has 130 valence electrons. The lowest BCUT2D eigenvalue weighted by molar-refractivity contribution is 0.136. The first kappa shape index (κ1) is 17.9. The third kappa shape index (κ3) is 4.29. The molecule has 2 amide bonds. The summed E-state index contributed by atoms with van der Waals surface area (Å²) in [6.45, 7) is 3.37. The van der Waals surface area contributed by atoms with Gasteiger partial charge >= 0.3 is 6.03 Å². The van der Waals surface area contributed by atoms with E-state index in [1.165, 1.54) is 6.07 Å². The summed E-state index contributed by atoms with van der Waals surface area (Å²) in [6, 6.07) is 1.67.